The lowest BCUT2D eigenvalue weighted by Crippen LogP contribution is -2.46. The van der Waals surface area contributed by atoms with Crippen LogP contribution >= 0.6 is 11.3 Å². The van der Waals surface area contributed by atoms with Crippen molar-refractivity contribution in [3.05, 3.63) is 17.5 Å². The molecule has 1 amide bonds. The van der Waals surface area contributed by atoms with Gasteiger partial charge in [0.2, 0.25) is 5.91 Å². The lowest BCUT2D eigenvalue weighted by molar-refractivity contribution is -0.118. The topological polar surface area (TPSA) is 23.6 Å². The lowest BCUT2D eigenvalue weighted by atomic mass is 10.1. The van der Waals surface area contributed by atoms with E-state index in [1.807, 2.05) is 29.3 Å². The predicted molar refractivity (Wildman–Crippen MR) is 81.8 cm³/mol. The maximum Gasteiger partial charge on any atom is 0.227 e. The fourth-order valence-corrected chi connectivity index (χ4v) is 3.61. The molecule has 0 saturated carbocycles. The van der Waals surface area contributed by atoms with Crippen LogP contribution in [0.25, 0.3) is 0 Å². The van der Waals surface area contributed by atoms with E-state index >= 15 is 0 Å². The third-order valence-corrected chi connectivity index (χ3v) is 4.59. The van der Waals surface area contributed by atoms with E-state index in [-0.39, 0.29) is 11.9 Å². The van der Waals surface area contributed by atoms with Crippen LogP contribution in [-0.2, 0) is 4.79 Å². The Morgan fingerprint density at radius 2 is 2.16 bits per heavy atom. The summed E-state index contributed by atoms with van der Waals surface area (Å²) >= 11 is 1.65. The number of nitrogens with zero attached hydrogens (tertiary/aromatic N) is 2. The number of likely N-dealkylation sites (tertiary alicyclic amines) is 1. The standard InChI is InChI=1S/C15H24N2OS/c1-3-14(18)17(15-8-7-11-19-15)13(2)12-16-9-5-4-6-10-16/h7-8,11,13H,3-6,9-10,12H2,1-2H3. The van der Waals surface area contributed by atoms with Gasteiger partial charge in [-0.1, -0.05) is 13.3 Å². The fraction of sp³-hybridized carbons (Fsp3) is 0.667. The monoisotopic (exact) mass is 280 g/mol. The van der Waals surface area contributed by atoms with Gasteiger partial charge in [-0.05, 0) is 50.4 Å². The van der Waals surface area contributed by atoms with E-state index in [2.05, 4.69) is 11.8 Å². The van der Waals surface area contributed by atoms with Gasteiger partial charge in [0, 0.05) is 19.0 Å². The third kappa shape index (κ3) is 3.80. The number of amides is 1. The van der Waals surface area contributed by atoms with Gasteiger partial charge in [-0.25, -0.2) is 0 Å². The highest BCUT2D eigenvalue weighted by Gasteiger charge is 2.24. The second kappa shape index (κ2) is 7.06. The minimum Gasteiger partial charge on any atom is -0.301 e. The predicted octanol–water partition coefficient (Wildman–Crippen LogP) is 3.37. The largest absolute Gasteiger partial charge is 0.301 e. The van der Waals surface area contributed by atoms with Gasteiger partial charge in [-0.2, -0.15) is 0 Å². The first-order chi connectivity index (χ1) is 9.22. The Morgan fingerprint density at radius 1 is 1.42 bits per heavy atom. The van der Waals surface area contributed by atoms with Crippen molar-refractivity contribution in [2.75, 3.05) is 24.5 Å². The second-order valence-electron chi connectivity index (χ2n) is 5.28. The van der Waals surface area contributed by atoms with Crippen molar-refractivity contribution in [2.24, 2.45) is 0 Å². The average molecular weight is 280 g/mol. The molecule has 1 fully saturated rings. The molecule has 0 bridgehead atoms. The zero-order valence-corrected chi connectivity index (χ0v) is 12.8. The zero-order valence-electron chi connectivity index (χ0n) is 12.0. The Labute approximate surface area is 120 Å². The van der Waals surface area contributed by atoms with Crippen LogP contribution in [0.2, 0.25) is 0 Å². The molecule has 3 nitrogen and oxygen atoms in total. The van der Waals surface area contributed by atoms with E-state index in [4.69, 9.17) is 0 Å². The van der Waals surface area contributed by atoms with Gasteiger partial charge < -0.3 is 4.90 Å². The number of hydrogen-bond donors (Lipinski definition) is 0. The molecule has 2 rings (SSSR count). The quantitative estimate of drug-likeness (QED) is 0.825. The van der Waals surface area contributed by atoms with Gasteiger partial charge in [0.05, 0.1) is 5.00 Å². The van der Waals surface area contributed by atoms with Crippen molar-refractivity contribution in [1.82, 2.24) is 4.90 Å². The molecule has 106 valence electrons. The minimum atomic E-state index is 0.229. The molecule has 1 unspecified atom stereocenters. The van der Waals surface area contributed by atoms with Crippen LogP contribution in [0.5, 0.6) is 0 Å². The Morgan fingerprint density at radius 3 is 2.74 bits per heavy atom. The first-order valence-corrected chi connectivity index (χ1v) is 8.18. The van der Waals surface area contributed by atoms with Crippen LogP contribution in [0.15, 0.2) is 17.5 Å². The molecule has 1 saturated heterocycles. The molecule has 0 aliphatic carbocycles. The van der Waals surface area contributed by atoms with E-state index in [9.17, 15) is 4.79 Å². The van der Waals surface area contributed by atoms with Crippen molar-refractivity contribution < 1.29 is 4.79 Å². The molecule has 1 aromatic rings. The van der Waals surface area contributed by atoms with Crippen molar-refractivity contribution >= 4 is 22.2 Å². The van der Waals surface area contributed by atoms with Gasteiger partial charge in [-0.15, -0.1) is 11.3 Å². The normalized spacial score (nSPS) is 18.2. The molecular formula is C15H24N2OS. The number of rotatable bonds is 5. The third-order valence-electron chi connectivity index (χ3n) is 3.73. The summed E-state index contributed by atoms with van der Waals surface area (Å²) in [6.07, 6.45) is 4.52. The van der Waals surface area contributed by atoms with Crippen molar-refractivity contribution in [3.8, 4) is 0 Å². The van der Waals surface area contributed by atoms with Crippen LogP contribution in [0.1, 0.15) is 39.5 Å². The maximum absolute atomic E-state index is 12.2. The van der Waals surface area contributed by atoms with Crippen LogP contribution in [0.3, 0.4) is 0 Å². The van der Waals surface area contributed by atoms with Gasteiger partial charge in [0.15, 0.2) is 0 Å². The van der Waals surface area contributed by atoms with Gasteiger partial charge in [0.25, 0.3) is 0 Å². The molecular weight excluding hydrogens is 256 g/mol. The highest BCUT2D eigenvalue weighted by atomic mass is 32.1. The lowest BCUT2D eigenvalue weighted by Gasteiger charge is -2.34. The molecule has 1 aliphatic rings. The molecule has 0 spiro atoms. The van der Waals surface area contributed by atoms with Crippen molar-refractivity contribution in [3.63, 3.8) is 0 Å². The van der Waals surface area contributed by atoms with Gasteiger partial charge >= 0.3 is 0 Å². The van der Waals surface area contributed by atoms with Crippen LogP contribution in [0, 0.1) is 0 Å². The summed E-state index contributed by atoms with van der Waals surface area (Å²) in [4.78, 5) is 16.7. The highest BCUT2D eigenvalue weighted by molar-refractivity contribution is 7.14. The summed E-state index contributed by atoms with van der Waals surface area (Å²) in [6, 6.07) is 4.32. The summed E-state index contributed by atoms with van der Waals surface area (Å²) in [6.45, 7) is 7.47. The summed E-state index contributed by atoms with van der Waals surface area (Å²) in [7, 11) is 0. The Kier molecular flexibility index (Phi) is 5.40. The minimum absolute atomic E-state index is 0.229. The highest BCUT2D eigenvalue weighted by Crippen LogP contribution is 2.25. The number of anilines is 1. The van der Waals surface area contributed by atoms with Crippen LogP contribution < -0.4 is 4.90 Å². The summed E-state index contributed by atoms with van der Waals surface area (Å²) in [5, 5.41) is 3.12. The molecule has 0 N–H and O–H groups in total. The van der Waals surface area contributed by atoms with E-state index in [1.54, 1.807) is 11.3 Å². The average Bonchev–Trinajstić information content (AvgIpc) is 2.93. The van der Waals surface area contributed by atoms with Gasteiger partial charge in [-0.3, -0.25) is 9.69 Å². The van der Waals surface area contributed by atoms with Crippen LogP contribution in [0.4, 0.5) is 5.00 Å². The Balaban J connectivity index is 2.03. The number of piperidine rings is 1. The Hall–Kier alpha value is -0.870. The molecule has 19 heavy (non-hydrogen) atoms. The molecule has 1 atom stereocenters. The molecule has 1 aromatic heterocycles. The van der Waals surface area contributed by atoms with Crippen LogP contribution in [-0.4, -0.2) is 36.5 Å². The van der Waals surface area contributed by atoms with E-state index in [1.165, 1.54) is 32.4 Å². The molecule has 1 aliphatic heterocycles. The molecule has 0 aromatic carbocycles. The smallest absolute Gasteiger partial charge is 0.227 e. The Bertz CT molecular complexity index is 385. The van der Waals surface area contributed by atoms with Crippen molar-refractivity contribution in [1.29, 1.82) is 0 Å². The summed E-state index contributed by atoms with van der Waals surface area (Å²) < 4.78 is 0. The number of hydrogen-bond acceptors (Lipinski definition) is 3. The van der Waals surface area contributed by atoms with E-state index < -0.39 is 0 Å². The number of thiophene rings is 1. The number of carbonyl (C=O) groups is 1. The first-order valence-electron chi connectivity index (χ1n) is 7.30. The van der Waals surface area contributed by atoms with Gasteiger partial charge in [0.1, 0.15) is 0 Å². The molecule has 2 heterocycles. The SMILES string of the molecule is CCC(=O)N(c1cccs1)C(C)CN1CCCCC1. The number of carbonyl (C=O) groups excluding carboxylic acids is 1. The zero-order chi connectivity index (χ0) is 13.7. The molecule has 4 heteroatoms. The van der Waals surface area contributed by atoms with Crippen molar-refractivity contribution in [2.45, 2.75) is 45.6 Å². The summed E-state index contributed by atoms with van der Waals surface area (Å²) in [5.41, 5.74) is 0. The second-order valence-corrected chi connectivity index (χ2v) is 6.21. The first kappa shape index (κ1) is 14.5. The van der Waals surface area contributed by atoms with E-state index in [0.717, 1.165) is 11.5 Å². The molecule has 0 radical (unpaired) electrons. The van der Waals surface area contributed by atoms with E-state index in [0.29, 0.717) is 6.42 Å². The summed E-state index contributed by atoms with van der Waals surface area (Å²) in [5.74, 6) is 0.229. The maximum atomic E-state index is 12.2. The fourth-order valence-electron chi connectivity index (χ4n) is 2.76.